The van der Waals surface area contributed by atoms with Gasteiger partial charge in [-0.05, 0) is 56.2 Å². The van der Waals surface area contributed by atoms with E-state index < -0.39 is 27.6 Å². The lowest BCUT2D eigenvalue weighted by Gasteiger charge is -2.42. The molecule has 0 aliphatic carbocycles. The summed E-state index contributed by atoms with van der Waals surface area (Å²) >= 11 is 6.22. The quantitative estimate of drug-likeness (QED) is 0.416. The van der Waals surface area contributed by atoms with E-state index in [-0.39, 0.29) is 23.2 Å². The van der Waals surface area contributed by atoms with E-state index in [0.29, 0.717) is 17.1 Å². The molecule has 0 bridgehead atoms. The smallest absolute Gasteiger partial charge is 0.264 e. The van der Waals surface area contributed by atoms with Crippen molar-refractivity contribution in [3.05, 3.63) is 82.9 Å². The van der Waals surface area contributed by atoms with Gasteiger partial charge in [0.1, 0.15) is 17.1 Å². The normalized spacial score (nSPS) is 19.9. The predicted octanol–water partition coefficient (Wildman–Crippen LogP) is 5.80. The standard InChI is InChI=1S/C29H31ClN2O5S/c1-4-29(5-2)17-23(22-8-6-7-9-25(22)37-29)31-28(33)27-18-32(24-16-20(30)12-15-26(24)36-27)38(34,35)21-13-10-19(3)11-14-21/h6-16,23,27H,4-5,17-18H2,1-3H3,(H,31,33)/t23-,27-/m0/s1. The van der Waals surface area contributed by atoms with Crippen LogP contribution < -0.4 is 19.1 Å². The second-order valence-electron chi connectivity index (χ2n) is 9.86. The van der Waals surface area contributed by atoms with Crippen LogP contribution >= 0.6 is 11.6 Å². The van der Waals surface area contributed by atoms with Crippen LogP contribution in [0.5, 0.6) is 11.5 Å². The van der Waals surface area contributed by atoms with Crippen LogP contribution in [0.1, 0.15) is 50.3 Å². The van der Waals surface area contributed by atoms with E-state index in [1.165, 1.54) is 4.31 Å². The molecule has 0 saturated carbocycles. The lowest BCUT2D eigenvalue weighted by atomic mass is 9.83. The molecule has 0 aromatic heterocycles. The molecule has 2 aliphatic heterocycles. The molecule has 2 heterocycles. The van der Waals surface area contributed by atoms with Crippen LogP contribution in [0.25, 0.3) is 0 Å². The van der Waals surface area contributed by atoms with Gasteiger partial charge in [-0.25, -0.2) is 8.42 Å². The molecule has 1 N–H and O–H groups in total. The van der Waals surface area contributed by atoms with Crippen LogP contribution in [-0.4, -0.2) is 32.6 Å². The molecule has 0 radical (unpaired) electrons. The van der Waals surface area contributed by atoms with Crippen LogP contribution in [-0.2, 0) is 14.8 Å². The molecule has 0 spiro atoms. The molecule has 5 rings (SSSR count). The average molecular weight is 555 g/mol. The van der Waals surface area contributed by atoms with Gasteiger partial charge in [-0.3, -0.25) is 9.10 Å². The molecular formula is C29H31ClN2O5S. The second kappa shape index (κ2) is 10.2. The molecule has 38 heavy (non-hydrogen) atoms. The van der Waals surface area contributed by atoms with Crippen molar-refractivity contribution in [2.75, 3.05) is 10.8 Å². The van der Waals surface area contributed by atoms with E-state index in [4.69, 9.17) is 21.1 Å². The van der Waals surface area contributed by atoms with Crippen LogP contribution in [0.2, 0.25) is 5.02 Å². The highest BCUT2D eigenvalue weighted by atomic mass is 35.5. The highest BCUT2D eigenvalue weighted by Gasteiger charge is 2.42. The van der Waals surface area contributed by atoms with Gasteiger partial charge in [-0.15, -0.1) is 0 Å². The molecule has 7 nitrogen and oxygen atoms in total. The highest BCUT2D eigenvalue weighted by molar-refractivity contribution is 7.92. The summed E-state index contributed by atoms with van der Waals surface area (Å²) in [7, 11) is -3.99. The lowest BCUT2D eigenvalue weighted by molar-refractivity contribution is -0.129. The summed E-state index contributed by atoms with van der Waals surface area (Å²) < 4.78 is 41.1. The SMILES string of the molecule is CCC1(CC)C[C@H](NC(=O)[C@@H]2CN(S(=O)(=O)c3ccc(C)cc3)c3cc(Cl)ccc3O2)c2ccccc2O1. The van der Waals surface area contributed by atoms with Gasteiger partial charge in [0.15, 0.2) is 6.10 Å². The zero-order valence-electron chi connectivity index (χ0n) is 21.6. The topological polar surface area (TPSA) is 84.9 Å². The fourth-order valence-electron chi connectivity index (χ4n) is 5.12. The third-order valence-electron chi connectivity index (χ3n) is 7.49. The number of hydrogen-bond donors (Lipinski definition) is 1. The minimum atomic E-state index is -3.99. The van der Waals surface area contributed by atoms with Gasteiger partial charge in [-0.2, -0.15) is 0 Å². The molecule has 200 valence electrons. The van der Waals surface area contributed by atoms with Crippen LogP contribution in [0, 0.1) is 6.92 Å². The van der Waals surface area contributed by atoms with Gasteiger partial charge in [0.05, 0.1) is 23.2 Å². The van der Waals surface area contributed by atoms with Gasteiger partial charge < -0.3 is 14.8 Å². The van der Waals surface area contributed by atoms with Crippen molar-refractivity contribution in [2.24, 2.45) is 0 Å². The first-order valence-electron chi connectivity index (χ1n) is 12.8. The summed E-state index contributed by atoms with van der Waals surface area (Å²) in [4.78, 5) is 13.8. The number of carbonyl (C=O) groups excluding carboxylic acids is 1. The molecule has 2 atom stereocenters. The Morgan fingerprint density at radius 2 is 1.76 bits per heavy atom. The molecule has 3 aromatic carbocycles. The minimum absolute atomic E-state index is 0.129. The Kier molecular flexibility index (Phi) is 7.05. The summed E-state index contributed by atoms with van der Waals surface area (Å²) in [5.74, 6) is 0.638. The molecule has 0 fully saturated rings. The van der Waals surface area contributed by atoms with E-state index in [0.717, 1.165) is 29.7 Å². The third-order valence-corrected chi connectivity index (χ3v) is 9.52. The number of nitrogens with zero attached hydrogens (tertiary/aromatic N) is 1. The van der Waals surface area contributed by atoms with Crippen molar-refractivity contribution in [2.45, 2.75) is 62.7 Å². The first-order valence-corrected chi connectivity index (χ1v) is 14.6. The molecule has 9 heteroatoms. The number of sulfonamides is 1. The number of nitrogens with one attached hydrogen (secondary N) is 1. The van der Waals surface area contributed by atoms with Crippen LogP contribution in [0.3, 0.4) is 0 Å². The number of anilines is 1. The zero-order valence-corrected chi connectivity index (χ0v) is 23.2. The van der Waals surface area contributed by atoms with Crippen LogP contribution in [0.15, 0.2) is 71.6 Å². The molecule has 0 unspecified atom stereocenters. The maximum Gasteiger partial charge on any atom is 0.264 e. The van der Waals surface area contributed by atoms with E-state index in [9.17, 15) is 13.2 Å². The number of hydrogen-bond acceptors (Lipinski definition) is 5. The Morgan fingerprint density at radius 1 is 1.05 bits per heavy atom. The van der Waals surface area contributed by atoms with Crippen molar-refractivity contribution in [1.29, 1.82) is 0 Å². The molecular weight excluding hydrogens is 524 g/mol. The number of benzene rings is 3. The lowest BCUT2D eigenvalue weighted by Crippen LogP contribution is -2.52. The number of ether oxygens (including phenoxy) is 2. The molecule has 0 saturated heterocycles. The number of amides is 1. The molecule has 3 aromatic rings. The predicted molar refractivity (Wildman–Crippen MR) is 147 cm³/mol. The van der Waals surface area contributed by atoms with E-state index in [2.05, 4.69) is 19.2 Å². The molecule has 2 aliphatic rings. The van der Waals surface area contributed by atoms with Gasteiger partial charge in [0.2, 0.25) is 0 Å². The fourth-order valence-corrected chi connectivity index (χ4v) is 6.75. The first kappa shape index (κ1) is 26.4. The van der Waals surface area contributed by atoms with Gasteiger partial charge >= 0.3 is 0 Å². The molecule has 1 amide bonds. The van der Waals surface area contributed by atoms with Gasteiger partial charge in [0.25, 0.3) is 15.9 Å². The Bertz CT molecular complexity index is 1450. The highest BCUT2D eigenvalue weighted by Crippen LogP contribution is 2.43. The number of aryl methyl sites for hydroxylation is 1. The number of halogens is 1. The zero-order chi connectivity index (χ0) is 27.1. The summed E-state index contributed by atoms with van der Waals surface area (Å²) in [6, 6.07) is 18.8. The fraction of sp³-hybridized carbons (Fsp3) is 0.345. The Balaban J connectivity index is 1.47. The van der Waals surface area contributed by atoms with Gasteiger partial charge in [-0.1, -0.05) is 61.3 Å². The van der Waals surface area contributed by atoms with E-state index >= 15 is 0 Å². The van der Waals surface area contributed by atoms with Crippen molar-refractivity contribution >= 4 is 33.2 Å². The van der Waals surface area contributed by atoms with E-state index in [1.54, 1.807) is 42.5 Å². The third kappa shape index (κ3) is 4.83. The monoisotopic (exact) mass is 554 g/mol. The van der Waals surface area contributed by atoms with Crippen molar-refractivity contribution in [1.82, 2.24) is 5.32 Å². The Morgan fingerprint density at radius 3 is 2.47 bits per heavy atom. The van der Waals surface area contributed by atoms with Crippen molar-refractivity contribution in [3.63, 3.8) is 0 Å². The number of carbonyl (C=O) groups is 1. The average Bonchev–Trinajstić information content (AvgIpc) is 2.92. The number of para-hydroxylation sites is 1. The summed E-state index contributed by atoms with van der Waals surface area (Å²) in [6.07, 6.45) is 1.13. The summed E-state index contributed by atoms with van der Waals surface area (Å²) in [5.41, 5.74) is 1.74. The first-order chi connectivity index (χ1) is 18.2. The maximum atomic E-state index is 13.7. The maximum absolute atomic E-state index is 13.7. The minimum Gasteiger partial charge on any atom is -0.487 e. The van der Waals surface area contributed by atoms with Crippen LogP contribution in [0.4, 0.5) is 5.69 Å². The number of rotatable bonds is 6. The summed E-state index contributed by atoms with van der Waals surface area (Å²) in [5, 5.41) is 3.51. The largest absolute Gasteiger partial charge is 0.487 e. The van der Waals surface area contributed by atoms with Crippen molar-refractivity contribution < 1.29 is 22.7 Å². The Hall–Kier alpha value is -3.23. The van der Waals surface area contributed by atoms with Crippen molar-refractivity contribution in [3.8, 4) is 11.5 Å². The van der Waals surface area contributed by atoms with Gasteiger partial charge in [0, 0.05) is 17.0 Å². The van der Waals surface area contributed by atoms with E-state index in [1.807, 2.05) is 31.2 Å². The number of fused-ring (bicyclic) bond motifs is 2. The Labute approximate surface area is 228 Å². The second-order valence-corrected chi connectivity index (χ2v) is 12.2. The summed E-state index contributed by atoms with van der Waals surface area (Å²) in [6.45, 7) is 5.86.